The van der Waals surface area contributed by atoms with E-state index in [0.717, 1.165) is 37.8 Å². The predicted molar refractivity (Wildman–Crippen MR) is 114 cm³/mol. The number of aromatic nitrogens is 2. The molecule has 0 spiro atoms. The molecular formula is C23H34N4O2. The molecule has 1 N–H and O–H groups in total. The number of amides is 1. The Balaban J connectivity index is 1.44. The van der Waals surface area contributed by atoms with Gasteiger partial charge < -0.3 is 15.0 Å². The average molecular weight is 399 g/mol. The molecule has 6 heteroatoms. The average Bonchev–Trinajstić information content (AvgIpc) is 3.13. The second-order valence-electron chi connectivity index (χ2n) is 8.40. The fourth-order valence-corrected chi connectivity index (χ4v) is 4.79. The van der Waals surface area contributed by atoms with Crippen LogP contribution < -0.4 is 5.32 Å². The van der Waals surface area contributed by atoms with E-state index in [1.54, 1.807) is 5.57 Å². The second kappa shape index (κ2) is 9.72. The van der Waals surface area contributed by atoms with Crippen LogP contribution in [0, 0.1) is 0 Å². The minimum Gasteiger partial charge on any atom is -0.378 e. The molecule has 1 aliphatic heterocycles. The molecule has 2 heterocycles. The number of nitrogens with zero attached hydrogens (tertiary/aromatic N) is 3. The number of rotatable bonds is 7. The Morgan fingerprint density at radius 3 is 2.93 bits per heavy atom. The van der Waals surface area contributed by atoms with Crippen molar-refractivity contribution in [1.82, 2.24) is 20.0 Å². The molecule has 1 fully saturated rings. The Kier molecular flexibility index (Phi) is 6.82. The van der Waals surface area contributed by atoms with Crippen molar-refractivity contribution < 1.29 is 9.53 Å². The fraction of sp³-hybridized carbons (Fsp3) is 0.652. The van der Waals surface area contributed by atoms with Gasteiger partial charge in [-0.25, -0.2) is 0 Å². The highest BCUT2D eigenvalue weighted by molar-refractivity contribution is 5.94. The van der Waals surface area contributed by atoms with Gasteiger partial charge in [-0.15, -0.1) is 6.58 Å². The van der Waals surface area contributed by atoms with Gasteiger partial charge in [-0.2, -0.15) is 5.10 Å². The summed E-state index contributed by atoms with van der Waals surface area (Å²) in [6.07, 6.45) is 13.6. The summed E-state index contributed by atoms with van der Waals surface area (Å²) >= 11 is 0. The minimum absolute atomic E-state index is 0.0559. The maximum Gasteiger partial charge on any atom is 0.274 e. The van der Waals surface area contributed by atoms with E-state index in [4.69, 9.17) is 9.84 Å². The largest absolute Gasteiger partial charge is 0.378 e. The van der Waals surface area contributed by atoms with Crippen LogP contribution in [-0.2, 0) is 24.1 Å². The van der Waals surface area contributed by atoms with E-state index in [-0.39, 0.29) is 5.91 Å². The first-order valence-corrected chi connectivity index (χ1v) is 11.2. The SMILES string of the molecule is C=CCn1nc(C(=O)N2CCOCC2)c2c1CC[C@@H](NCCC1=CCCCC1)C2. The third-order valence-corrected chi connectivity index (χ3v) is 6.41. The van der Waals surface area contributed by atoms with Gasteiger partial charge in [-0.05, 0) is 57.9 Å². The molecular weight excluding hydrogens is 364 g/mol. The van der Waals surface area contributed by atoms with Crippen molar-refractivity contribution in [1.29, 1.82) is 0 Å². The van der Waals surface area contributed by atoms with Crippen LogP contribution in [0.1, 0.15) is 60.3 Å². The zero-order valence-electron chi connectivity index (χ0n) is 17.5. The van der Waals surface area contributed by atoms with Gasteiger partial charge in [0.15, 0.2) is 5.69 Å². The summed E-state index contributed by atoms with van der Waals surface area (Å²) in [6, 6.07) is 0.421. The molecule has 0 radical (unpaired) electrons. The summed E-state index contributed by atoms with van der Waals surface area (Å²) < 4.78 is 7.39. The molecule has 0 aromatic carbocycles. The van der Waals surface area contributed by atoms with E-state index in [0.29, 0.717) is 44.6 Å². The summed E-state index contributed by atoms with van der Waals surface area (Å²) in [6.45, 7) is 8.07. The highest BCUT2D eigenvalue weighted by atomic mass is 16.5. The minimum atomic E-state index is 0.0559. The smallest absolute Gasteiger partial charge is 0.274 e. The zero-order valence-corrected chi connectivity index (χ0v) is 17.5. The van der Waals surface area contributed by atoms with E-state index in [1.165, 1.54) is 31.4 Å². The van der Waals surface area contributed by atoms with Crippen molar-refractivity contribution in [2.45, 2.75) is 64.0 Å². The molecule has 0 bridgehead atoms. The molecule has 1 saturated heterocycles. The van der Waals surface area contributed by atoms with E-state index in [1.807, 2.05) is 15.7 Å². The number of carbonyl (C=O) groups is 1. The normalized spacial score (nSPS) is 22.1. The quantitative estimate of drug-likeness (QED) is 0.718. The molecule has 1 aromatic heterocycles. The summed E-state index contributed by atoms with van der Waals surface area (Å²) in [5, 5.41) is 8.48. The van der Waals surface area contributed by atoms with E-state index in [2.05, 4.69) is 18.0 Å². The first-order chi connectivity index (χ1) is 14.3. The molecule has 1 aromatic rings. The predicted octanol–water partition coefficient (Wildman–Crippen LogP) is 2.88. The van der Waals surface area contributed by atoms with Gasteiger partial charge in [-0.1, -0.05) is 17.7 Å². The standard InChI is InChI=1S/C23H34N4O2/c1-2-12-27-21-9-8-19(24-11-10-18-6-4-3-5-7-18)17-20(21)22(25-27)23(28)26-13-15-29-16-14-26/h2,6,19,24H,1,3-5,7-17H2/t19-/m1/s1. The number of nitrogens with one attached hydrogen (secondary N) is 1. The molecule has 1 atom stereocenters. The summed E-state index contributed by atoms with van der Waals surface area (Å²) in [5.41, 5.74) is 4.62. The Bertz CT molecular complexity index is 761. The number of morpholine rings is 1. The highest BCUT2D eigenvalue weighted by Gasteiger charge is 2.31. The summed E-state index contributed by atoms with van der Waals surface area (Å²) in [7, 11) is 0. The lowest BCUT2D eigenvalue weighted by atomic mass is 9.90. The van der Waals surface area contributed by atoms with Crippen molar-refractivity contribution in [2.75, 3.05) is 32.8 Å². The van der Waals surface area contributed by atoms with Crippen LogP contribution in [0.3, 0.4) is 0 Å². The van der Waals surface area contributed by atoms with Crippen LogP contribution in [0.15, 0.2) is 24.3 Å². The van der Waals surface area contributed by atoms with Crippen LogP contribution in [0.2, 0.25) is 0 Å². The summed E-state index contributed by atoms with van der Waals surface area (Å²) in [4.78, 5) is 15.0. The van der Waals surface area contributed by atoms with E-state index in [9.17, 15) is 4.79 Å². The van der Waals surface area contributed by atoms with Crippen molar-refractivity contribution >= 4 is 5.91 Å². The van der Waals surface area contributed by atoms with Crippen LogP contribution in [-0.4, -0.2) is 59.5 Å². The lowest BCUT2D eigenvalue weighted by molar-refractivity contribution is 0.0297. The van der Waals surface area contributed by atoms with Gasteiger partial charge >= 0.3 is 0 Å². The molecule has 1 amide bonds. The van der Waals surface area contributed by atoms with Gasteiger partial charge in [0.1, 0.15) is 0 Å². The second-order valence-corrected chi connectivity index (χ2v) is 8.40. The Hall–Kier alpha value is -1.92. The molecule has 0 unspecified atom stereocenters. The molecule has 158 valence electrons. The number of ether oxygens (including phenoxy) is 1. The van der Waals surface area contributed by atoms with Gasteiger partial charge in [-0.3, -0.25) is 9.48 Å². The van der Waals surface area contributed by atoms with Gasteiger partial charge in [0.25, 0.3) is 5.91 Å². The number of allylic oxidation sites excluding steroid dienone is 2. The van der Waals surface area contributed by atoms with Crippen LogP contribution in [0.5, 0.6) is 0 Å². The molecule has 2 aliphatic carbocycles. The Labute approximate surface area is 174 Å². The maximum absolute atomic E-state index is 13.2. The molecule has 0 saturated carbocycles. The lowest BCUT2D eigenvalue weighted by Gasteiger charge is -2.28. The number of hydrogen-bond acceptors (Lipinski definition) is 4. The molecule has 6 nitrogen and oxygen atoms in total. The first-order valence-electron chi connectivity index (χ1n) is 11.2. The van der Waals surface area contributed by atoms with Gasteiger partial charge in [0, 0.05) is 30.4 Å². The zero-order chi connectivity index (χ0) is 20.1. The molecule has 3 aliphatic rings. The van der Waals surface area contributed by atoms with Gasteiger partial charge in [0.05, 0.1) is 19.8 Å². The van der Waals surface area contributed by atoms with Gasteiger partial charge in [0.2, 0.25) is 0 Å². The highest BCUT2D eigenvalue weighted by Crippen LogP contribution is 2.27. The van der Waals surface area contributed by atoms with Crippen molar-refractivity contribution in [3.8, 4) is 0 Å². The van der Waals surface area contributed by atoms with Crippen molar-refractivity contribution in [2.24, 2.45) is 0 Å². The van der Waals surface area contributed by atoms with Crippen LogP contribution in [0.25, 0.3) is 0 Å². The number of carbonyl (C=O) groups excluding carboxylic acids is 1. The Morgan fingerprint density at radius 2 is 2.17 bits per heavy atom. The molecule has 4 rings (SSSR count). The summed E-state index contributed by atoms with van der Waals surface area (Å²) in [5.74, 6) is 0.0559. The maximum atomic E-state index is 13.2. The van der Waals surface area contributed by atoms with Crippen molar-refractivity contribution in [3.63, 3.8) is 0 Å². The third-order valence-electron chi connectivity index (χ3n) is 6.41. The fourth-order valence-electron chi connectivity index (χ4n) is 4.79. The number of fused-ring (bicyclic) bond motifs is 1. The van der Waals surface area contributed by atoms with Crippen molar-refractivity contribution in [3.05, 3.63) is 41.3 Å². The monoisotopic (exact) mass is 398 g/mol. The van der Waals surface area contributed by atoms with E-state index >= 15 is 0 Å². The molecule has 29 heavy (non-hydrogen) atoms. The third kappa shape index (κ3) is 4.81. The topological polar surface area (TPSA) is 59.4 Å². The first kappa shape index (κ1) is 20.4. The van der Waals surface area contributed by atoms with Crippen LogP contribution >= 0.6 is 0 Å². The number of hydrogen-bond donors (Lipinski definition) is 1. The Morgan fingerprint density at radius 1 is 1.31 bits per heavy atom. The lowest BCUT2D eigenvalue weighted by Crippen LogP contribution is -2.42. The van der Waals surface area contributed by atoms with Crippen LogP contribution in [0.4, 0.5) is 0 Å². The van der Waals surface area contributed by atoms with E-state index < -0.39 is 0 Å².